The Balaban J connectivity index is 1.82. The number of sulfonamides is 1. The molecule has 1 heterocycles. The van der Waals surface area contributed by atoms with Crippen molar-refractivity contribution < 1.29 is 8.42 Å². The fourth-order valence-corrected chi connectivity index (χ4v) is 6.59. The van der Waals surface area contributed by atoms with Crippen molar-refractivity contribution in [1.29, 1.82) is 0 Å². The van der Waals surface area contributed by atoms with Gasteiger partial charge in [-0.15, -0.1) is 0 Å². The lowest BCUT2D eigenvalue weighted by Gasteiger charge is -2.32. The minimum Gasteiger partial charge on any atom is -0.246 e. The van der Waals surface area contributed by atoms with Gasteiger partial charge >= 0.3 is 0 Å². The van der Waals surface area contributed by atoms with E-state index >= 15 is 0 Å². The van der Waals surface area contributed by atoms with E-state index in [0.717, 1.165) is 58.8 Å². The van der Waals surface area contributed by atoms with Crippen LogP contribution in [-0.2, 0) is 10.0 Å². The van der Waals surface area contributed by atoms with Crippen molar-refractivity contribution in [2.45, 2.75) is 50.5 Å². The van der Waals surface area contributed by atoms with Crippen LogP contribution in [0, 0.1) is 13.8 Å². The van der Waals surface area contributed by atoms with Crippen molar-refractivity contribution in [2.24, 2.45) is 0 Å². The number of benzene rings is 3. The molecule has 0 aliphatic heterocycles. The summed E-state index contributed by atoms with van der Waals surface area (Å²) < 4.78 is 29.9. The maximum Gasteiger partial charge on any atom is 0.265 e. The molecule has 1 saturated carbocycles. The van der Waals surface area contributed by atoms with Gasteiger partial charge in [0, 0.05) is 17.0 Å². The van der Waals surface area contributed by atoms with E-state index in [0.29, 0.717) is 10.7 Å². The number of para-hydroxylation sites is 1. The van der Waals surface area contributed by atoms with Gasteiger partial charge in [0.05, 0.1) is 10.4 Å². The summed E-state index contributed by atoms with van der Waals surface area (Å²) in [6.45, 7) is 4.04. The number of pyridine rings is 1. The van der Waals surface area contributed by atoms with Gasteiger partial charge in [-0.3, -0.25) is 0 Å². The van der Waals surface area contributed by atoms with Crippen molar-refractivity contribution in [2.75, 3.05) is 4.31 Å². The van der Waals surface area contributed by atoms with Crippen molar-refractivity contribution in [3.05, 3.63) is 90.0 Å². The van der Waals surface area contributed by atoms with E-state index in [1.54, 1.807) is 16.4 Å². The number of fused-ring (bicyclic) bond motifs is 1. The lowest BCUT2D eigenvalue weighted by molar-refractivity contribution is 0.573. The van der Waals surface area contributed by atoms with Crippen LogP contribution in [0.4, 0.5) is 5.82 Å². The third-order valence-corrected chi connectivity index (χ3v) is 8.50. The summed E-state index contributed by atoms with van der Waals surface area (Å²) in [7, 11) is -3.80. The van der Waals surface area contributed by atoms with Crippen LogP contribution in [0.2, 0.25) is 0 Å². The van der Waals surface area contributed by atoms with Crippen molar-refractivity contribution in [3.63, 3.8) is 0 Å². The molecule has 4 nitrogen and oxygen atoms in total. The zero-order valence-electron chi connectivity index (χ0n) is 19.0. The number of hydrogen-bond donors (Lipinski definition) is 0. The highest BCUT2D eigenvalue weighted by molar-refractivity contribution is 7.92. The summed E-state index contributed by atoms with van der Waals surface area (Å²) in [5.41, 5.74) is 4.75. The van der Waals surface area contributed by atoms with E-state index in [1.165, 1.54) is 0 Å². The molecule has 1 aliphatic carbocycles. The molecule has 0 saturated heterocycles. The standard InChI is InChI=1S/C28H28N2O2S/c1-20-16-18-24(19-17-20)33(31,32)30(23-12-6-7-13-23)28-27(22-10-4-3-5-11-22)21(2)25-14-8-9-15-26(25)29-28/h3-5,8-11,14-19,23H,6-7,12-13H2,1-2H3. The molecule has 5 rings (SSSR count). The summed E-state index contributed by atoms with van der Waals surface area (Å²) in [5.74, 6) is 0.532. The van der Waals surface area contributed by atoms with Gasteiger partial charge in [0.25, 0.3) is 10.0 Å². The molecule has 0 amide bonds. The highest BCUT2D eigenvalue weighted by atomic mass is 32.2. The van der Waals surface area contributed by atoms with Crippen LogP contribution in [0.5, 0.6) is 0 Å². The highest BCUT2D eigenvalue weighted by Crippen LogP contribution is 2.41. The van der Waals surface area contributed by atoms with Crippen molar-refractivity contribution in [1.82, 2.24) is 4.98 Å². The summed E-state index contributed by atoms with van der Waals surface area (Å²) in [4.78, 5) is 5.33. The Kier molecular flexibility index (Phi) is 5.67. The number of hydrogen-bond acceptors (Lipinski definition) is 3. The SMILES string of the molecule is Cc1ccc(S(=O)(=O)N(c2nc3ccccc3c(C)c2-c2ccccc2)C2CCCC2)cc1. The molecule has 0 spiro atoms. The lowest BCUT2D eigenvalue weighted by atomic mass is 9.97. The van der Waals surface area contributed by atoms with Crippen molar-refractivity contribution >= 4 is 26.7 Å². The third kappa shape index (κ3) is 3.91. The van der Waals surface area contributed by atoms with E-state index in [-0.39, 0.29) is 6.04 Å². The second kappa shape index (κ2) is 8.64. The van der Waals surface area contributed by atoms with Gasteiger partial charge in [-0.05, 0) is 56.0 Å². The molecule has 1 aromatic heterocycles. The summed E-state index contributed by atoms with van der Waals surface area (Å²) in [6.07, 6.45) is 3.73. The molecule has 0 atom stereocenters. The topological polar surface area (TPSA) is 50.3 Å². The Morgan fingerprint density at radius 2 is 1.45 bits per heavy atom. The fraction of sp³-hybridized carbons (Fsp3) is 0.250. The Morgan fingerprint density at radius 3 is 2.15 bits per heavy atom. The number of anilines is 1. The molecule has 3 aromatic carbocycles. The average Bonchev–Trinajstić information content (AvgIpc) is 3.34. The summed E-state index contributed by atoms with van der Waals surface area (Å²) in [5, 5.41) is 1.04. The molecule has 33 heavy (non-hydrogen) atoms. The Hall–Kier alpha value is -3.18. The molecule has 1 aliphatic rings. The molecule has 0 bridgehead atoms. The van der Waals surface area contributed by atoms with Crippen LogP contribution in [0.25, 0.3) is 22.0 Å². The number of aryl methyl sites for hydroxylation is 2. The van der Waals surface area contributed by atoms with Crippen LogP contribution in [0.1, 0.15) is 36.8 Å². The molecular weight excluding hydrogens is 428 g/mol. The van der Waals surface area contributed by atoms with Gasteiger partial charge in [0.1, 0.15) is 0 Å². The first-order valence-corrected chi connectivity index (χ1v) is 13.0. The van der Waals surface area contributed by atoms with Crippen LogP contribution >= 0.6 is 0 Å². The average molecular weight is 457 g/mol. The van der Waals surface area contributed by atoms with Gasteiger partial charge < -0.3 is 0 Å². The normalized spacial score (nSPS) is 14.6. The number of rotatable bonds is 5. The van der Waals surface area contributed by atoms with E-state index < -0.39 is 10.0 Å². The summed E-state index contributed by atoms with van der Waals surface area (Å²) >= 11 is 0. The van der Waals surface area contributed by atoms with Gasteiger partial charge in [0.15, 0.2) is 5.82 Å². The third-order valence-electron chi connectivity index (χ3n) is 6.64. The smallest absolute Gasteiger partial charge is 0.246 e. The molecule has 0 radical (unpaired) electrons. The maximum atomic E-state index is 14.1. The molecule has 4 aromatic rings. The lowest BCUT2D eigenvalue weighted by Crippen LogP contribution is -2.40. The van der Waals surface area contributed by atoms with Crippen LogP contribution in [0.15, 0.2) is 83.8 Å². The number of aromatic nitrogens is 1. The van der Waals surface area contributed by atoms with E-state index in [9.17, 15) is 8.42 Å². The molecule has 0 N–H and O–H groups in total. The first-order chi connectivity index (χ1) is 16.0. The Labute approximate surface area is 196 Å². The van der Waals surface area contributed by atoms with E-state index in [1.807, 2.05) is 67.6 Å². The minimum atomic E-state index is -3.80. The number of nitrogens with zero attached hydrogens (tertiary/aromatic N) is 2. The Bertz CT molecular complexity index is 1390. The maximum absolute atomic E-state index is 14.1. The highest BCUT2D eigenvalue weighted by Gasteiger charge is 2.36. The van der Waals surface area contributed by atoms with E-state index in [2.05, 4.69) is 13.0 Å². The van der Waals surface area contributed by atoms with Gasteiger partial charge in [-0.25, -0.2) is 17.7 Å². The monoisotopic (exact) mass is 456 g/mol. The molecule has 5 heteroatoms. The van der Waals surface area contributed by atoms with Crippen LogP contribution < -0.4 is 4.31 Å². The minimum absolute atomic E-state index is 0.105. The predicted octanol–water partition coefficient (Wildman–Crippen LogP) is 6.66. The van der Waals surface area contributed by atoms with Crippen LogP contribution in [-0.4, -0.2) is 19.4 Å². The van der Waals surface area contributed by atoms with Crippen molar-refractivity contribution in [3.8, 4) is 11.1 Å². The quantitative estimate of drug-likeness (QED) is 0.337. The Morgan fingerprint density at radius 1 is 0.818 bits per heavy atom. The largest absolute Gasteiger partial charge is 0.265 e. The zero-order chi connectivity index (χ0) is 23.0. The molecule has 168 valence electrons. The first kappa shape index (κ1) is 21.7. The van der Waals surface area contributed by atoms with Gasteiger partial charge in [-0.1, -0.05) is 79.1 Å². The molecular formula is C28H28N2O2S. The summed E-state index contributed by atoms with van der Waals surface area (Å²) in [6, 6.07) is 25.0. The molecule has 0 unspecified atom stereocenters. The second-order valence-electron chi connectivity index (χ2n) is 8.87. The molecule has 1 fully saturated rings. The first-order valence-electron chi connectivity index (χ1n) is 11.5. The predicted molar refractivity (Wildman–Crippen MR) is 135 cm³/mol. The second-order valence-corrected chi connectivity index (χ2v) is 10.7. The zero-order valence-corrected chi connectivity index (χ0v) is 19.8. The van der Waals surface area contributed by atoms with Crippen LogP contribution in [0.3, 0.4) is 0 Å². The van der Waals surface area contributed by atoms with E-state index in [4.69, 9.17) is 4.98 Å². The van der Waals surface area contributed by atoms with Gasteiger partial charge in [-0.2, -0.15) is 0 Å². The fourth-order valence-electron chi connectivity index (χ4n) is 4.92. The van der Waals surface area contributed by atoms with Gasteiger partial charge in [0.2, 0.25) is 0 Å².